The lowest BCUT2D eigenvalue weighted by atomic mass is 9.34. The van der Waals surface area contributed by atoms with Crippen LogP contribution in [-0.4, -0.2) is 15.8 Å². The maximum absolute atomic E-state index is 2.49. The Hall–Kier alpha value is -7.24. The third kappa shape index (κ3) is 4.59. The van der Waals surface area contributed by atoms with Crippen molar-refractivity contribution in [2.45, 2.75) is 20.8 Å². The number of rotatable bonds is 6. The van der Waals surface area contributed by atoms with E-state index in [1.165, 1.54) is 99.8 Å². The van der Waals surface area contributed by atoms with E-state index < -0.39 is 0 Å². The zero-order valence-corrected chi connectivity index (χ0v) is 32.7. The summed E-state index contributed by atoms with van der Waals surface area (Å²) < 4.78 is 4.97. The minimum Gasteiger partial charge on any atom is -0.317 e. The number of fused-ring (bicyclic) bond motifs is 6. The second kappa shape index (κ2) is 12.4. The van der Waals surface area contributed by atoms with E-state index in [0.717, 1.165) is 11.4 Å². The van der Waals surface area contributed by atoms with Crippen molar-refractivity contribution in [1.29, 1.82) is 0 Å². The normalized spacial score (nSPS) is 12.4. The third-order valence-electron chi connectivity index (χ3n) is 12.6. The molecule has 10 aromatic rings. The standard InChI is InChI=1S/C53H39BN4/c1-34-22-23-40-37(32-34)33-49-50-53(40)56-31-29-41-47(57(38-16-6-4-7-17-38)39-18-8-5-9-19-39)26-24-44(52(41)56)54(50)43-25-27-48(42-28-30-55(49)51(42)43)58(45-20-12-10-14-35(45)2)46-21-13-11-15-36(46)3/h4-33H,1-3H3. The molecule has 4 heterocycles. The Morgan fingerprint density at radius 1 is 0.431 bits per heavy atom. The van der Waals surface area contributed by atoms with Gasteiger partial charge < -0.3 is 18.9 Å². The minimum atomic E-state index is 0.0425. The van der Waals surface area contributed by atoms with E-state index in [4.69, 9.17) is 0 Å². The number of aromatic nitrogens is 2. The van der Waals surface area contributed by atoms with E-state index in [-0.39, 0.29) is 6.71 Å². The van der Waals surface area contributed by atoms with E-state index in [9.17, 15) is 0 Å². The number of nitrogens with zero attached hydrogens (tertiary/aromatic N) is 4. The first-order chi connectivity index (χ1) is 28.5. The van der Waals surface area contributed by atoms with Crippen LogP contribution in [0.15, 0.2) is 182 Å². The molecule has 0 aliphatic carbocycles. The summed E-state index contributed by atoms with van der Waals surface area (Å²) in [6.07, 6.45) is 4.61. The molecular formula is C53H39BN4. The summed E-state index contributed by atoms with van der Waals surface area (Å²) >= 11 is 0. The van der Waals surface area contributed by atoms with Crippen molar-refractivity contribution in [2.75, 3.05) is 9.80 Å². The van der Waals surface area contributed by atoms with Crippen LogP contribution in [-0.2, 0) is 0 Å². The fourth-order valence-corrected chi connectivity index (χ4v) is 10.1. The average molecular weight is 743 g/mol. The first-order valence-electron chi connectivity index (χ1n) is 20.2. The van der Waals surface area contributed by atoms with Crippen molar-refractivity contribution in [2.24, 2.45) is 0 Å². The summed E-state index contributed by atoms with van der Waals surface area (Å²) in [6.45, 7) is 6.68. The van der Waals surface area contributed by atoms with Crippen LogP contribution in [0.5, 0.6) is 0 Å². The number of aryl methyl sites for hydroxylation is 3. The zero-order valence-electron chi connectivity index (χ0n) is 32.7. The smallest absolute Gasteiger partial charge is 0.252 e. The second-order valence-electron chi connectivity index (χ2n) is 16.0. The quantitative estimate of drug-likeness (QED) is 0.158. The Labute approximate surface area is 338 Å². The van der Waals surface area contributed by atoms with Crippen molar-refractivity contribution in [1.82, 2.24) is 9.13 Å². The molecule has 58 heavy (non-hydrogen) atoms. The van der Waals surface area contributed by atoms with Gasteiger partial charge in [-0.2, -0.15) is 0 Å². The van der Waals surface area contributed by atoms with Crippen LogP contribution in [0.2, 0.25) is 0 Å². The van der Waals surface area contributed by atoms with Gasteiger partial charge in [0.2, 0.25) is 0 Å². The lowest BCUT2D eigenvalue weighted by Gasteiger charge is -2.36. The molecule has 0 unspecified atom stereocenters. The van der Waals surface area contributed by atoms with Crippen LogP contribution in [0, 0.1) is 20.8 Å². The minimum absolute atomic E-state index is 0.0425. The summed E-state index contributed by atoms with van der Waals surface area (Å²) in [6, 6.07) is 62.7. The van der Waals surface area contributed by atoms with Crippen molar-refractivity contribution in [3.8, 4) is 11.4 Å². The average Bonchev–Trinajstić information content (AvgIpc) is 3.91. The van der Waals surface area contributed by atoms with Gasteiger partial charge >= 0.3 is 0 Å². The van der Waals surface area contributed by atoms with Crippen molar-refractivity contribution in [3.63, 3.8) is 0 Å². The largest absolute Gasteiger partial charge is 0.317 e. The van der Waals surface area contributed by atoms with Crippen molar-refractivity contribution in [3.05, 3.63) is 199 Å². The Morgan fingerprint density at radius 3 is 1.57 bits per heavy atom. The SMILES string of the molecule is Cc1ccc2c3c4c(cc2c1)-n1ccc2c(N(c5ccccc5C)c5ccccc5C)ccc(c21)B4c1ccc(N(c2ccccc2)c2ccccc2)c2ccn-3c12. The van der Waals surface area contributed by atoms with Gasteiger partial charge in [-0.05, 0) is 120 Å². The van der Waals surface area contributed by atoms with Gasteiger partial charge in [-0.25, -0.2) is 0 Å². The highest BCUT2D eigenvalue weighted by molar-refractivity contribution is 7.00. The van der Waals surface area contributed by atoms with Crippen LogP contribution < -0.4 is 26.2 Å². The Kier molecular flexibility index (Phi) is 7.04. The van der Waals surface area contributed by atoms with Gasteiger partial charge in [0.1, 0.15) is 0 Å². The highest BCUT2D eigenvalue weighted by Crippen LogP contribution is 2.45. The summed E-state index contributed by atoms with van der Waals surface area (Å²) in [5.74, 6) is 0. The number of hydrogen-bond donors (Lipinski definition) is 0. The summed E-state index contributed by atoms with van der Waals surface area (Å²) in [5.41, 5.74) is 19.8. The van der Waals surface area contributed by atoms with E-state index in [0.29, 0.717) is 0 Å². The highest BCUT2D eigenvalue weighted by Gasteiger charge is 2.41. The molecule has 4 nitrogen and oxygen atoms in total. The lowest BCUT2D eigenvalue weighted by molar-refractivity contribution is 1.11. The molecule has 12 rings (SSSR count). The lowest BCUT2D eigenvalue weighted by Crippen LogP contribution is -2.59. The molecule has 8 aromatic carbocycles. The molecule has 0 saturated carbocycles. The monoisotopic (exact) mass is 742 g/mol. The molecule has 5 heteroatoms. The van der Waals surface area contributed by atoms with Gasteiger partial charge in [0.15, 0.2) is 0 Å². The summed E-state index contributed by atoms with van der Waals surface area (Å²) in [4.78, 5) is 4.88. The molecule has 0 atom stereocenters. The van der Waals surface area contributed by atoms with Gasteiger partial charge in [-0.15, -0.1) is 0 Å². The van der Waals surface area contributed by atoms with Crippen molar-refractivity contribution >= 4 is 89.8 Å². The molecule has 2 aliphatic rings. The highest BCUT2D eigenvalue weighted by atomic mass is 15.2. The Bertz CT molecular complexity index is 3200. The van der Waals surface area contributed by atoms with E-state index in [1.54, 1.807) is 0 Å². The van der Waals surface area contributed by atoms with E-state index in [2.05, 4.69) is 222 Å². The molecule has 0 N–H and O–H groups in total. The Morgan fingerprint density at radius 2 is 0.966 bits per heavy atom. The topological polar surface area (TPSA) is 16.3 Å². The van der Waals surface area contributed by atoms with Crippen LogP contribution in [0.25, 0.3) is 44.0 Å². The predicted molar refractivity (Wildman–Crippen MR) is 246 cm³/mol. The molecule has 0 spiro atoms. The fraction of sp³-hybridized carbons (Fsp3) is 0.0566. The van der Waals surface area contributed by atoms with Gasteiger partial charge in [-0.1, -0.05) is 109 Å². The maximum Gasteiger partial charge on any atom is 0.252 e. The predicted octanol–water partition coefficient (Wildman–Crippen LogP) is 11.7. The van der Waals surface area contributed by atoms with Crippen molar-refractivity contribution < 1.29 is 0 Å². The number of para-hydroxylation sites is 4. The van der Waals surface area contributed by atoms with Crippen LogP contribution >= 0.6 is 0 Å². The molecule has 274 valence electrons. The fourth-order valence-electron chi connectivity index (χ4n) is 10.1. The van der Waals surface area contributed by atoms with Crippen LogP contribution in [0.4, 0.5) is 34.1 Å². The van der Waals surface area contributed by atoms with Crippen LogP contribution in [0.3, 0.4) is 0 Å². The number of hydrogen-bond acceptors (Lipinski definition) is 2. The first kappa shape index (κ1) is 33.0. The van der Waals surface area contributed by atoms with E-state index in [1.807, 2.05) is 0 Å². The van der Waals surface area contributed by atoms with Gasteiger partial charge in [-0.3, -0.25) is 0 Å². The Balaban J connectivity index is 1.16. The maximum atomic E-state index is 2.49. The molecule has 0 bridgehead atoms. The van der Waals surface area contributed by atoms with Gasteiger partial charge in [0.25, 0.3) is 6.71 Å². The van der Waals surface area contributed by atoms with E-state index >= 15 is 0 Å². The second-order valence-corrected chi connectivity index (χ2v) is 16.0. The molecule has 0 saturated heterocycles. The molecule has 2 aliphatic heterocycles. The first-order valence-corrected chi connectivity index (χ1v) is 20.2. The molecule has 0 radical (unpaired) electrons. The molecule has 2 aromatic heterocycles. The molecule has 0 fully saturated rings. The molecule has 0 amide bonds. The van der Waals surface area contributed by atoms with Crippen LogP contribution in [0.1, 0.15) is 16.7 Å². The summed E-state index contributed by atoms with van der Waals surface area (Å²) in [7, 11) is 0. The number of anilines is 6. The number of benzene rings is 8. The third-order valence-corrected chi connectivity index (χ3v) is 12.6. The van der Waals surface area contributed by atoms with Gasteiger partial charge in [0, 0.05) is 57.0 Å². The summed E-state index contributed by atoms with van der Waals surface area (Å²) in [5, 5.41) is 5.01. The zero-order chi connectivity index (χ0) is 38.6. The van der Waals surface area contributed by atoms with Gasteiger partial charge in [0.05, 0.1) is 28.1 Å². The molecular weight excluding hydrogens is 703 g/mol.